The zero-order valence-corrected chi connectivity index (χ0v) is 13.1. The van der Waals surface area contributed by atoms with Crippen LogP contribution in [0.2, 0.25) is 0 Å². The Balaban J connectivity index is 2.23. The first-order valence-electron chi connectivity index (χ1n) is 6.87. The number of nitrogens with zero attached hydrogens (tertiary/aromatic N) is 2. The summed E-state index contributed by atoms with van der Waals surface area (Å²) in [6, 6.07) is 0. The highest BCUT2D eigenvalue weighted by molar-refractivity contribution is 7.18. The number of aryl methyl sites for hydroxylation is 2. The second kappa shape index (κ2) is 6.33. The molecule has 0 aromatic carbocycles. The minimum Gasteiger partial charge on any atom is -0.313 e. The highest BCUT2D eigenvalue weighted by Crippen LogP contribution is 2.25. The van der Waals surface area contributed by atoms with Crippen molar-refractivity contribution in [2.75, 3.05) is 13.1 Å². The van der Waals surface area contributed by atoms with Crippen LogP contribution in [0.15, 0.2) is 23.3 Å². The van der Waals surface area contributed by atoms with Crippen molar-refractivity contribution >= 4 is 21.6 Å². The minimum atomic E-state index is 0.0356. The smallest absolute Gasteiger partial charge is 0.262 e. The molecule has 0 fully saturated rings. The van der Waals surface area contributed by atoms with Gasteiger partial charge in [0.25, 0.3) is 5.56 Å². The van der Waals surface area contributed by atoms with E-state index in [4.69, 9.17) is 0 Å². The highest BCUT2D eigenvalue weighted by atomic mass is 32.1. The molecule has 0 saturated heterocycles. The van der Waals surface area contributed by atoms with Crippen molar-refractivity contribution in [2.24, 2.45) is 0 Å². The van der Waals surface area contributed by atoms with Gasteiger partial charge in [0.2, 0.25) is 0 Å². The molecule has 0 aliphatic heterocycles. The zero-order valence-electron chi connectivity index (χ0n) is 12.3. The van der Waals surface area contributed by atoms with Gasteiger partial charge in [-0.2, -0.15) is 0 Å². The molecule has 0 amide bonds. The third-order valence-electron chi connectivity index (χ3n) is 3.35. The van der Waals surface area contributed by atoms with Crippen LogP contribution in [0.25, 0.3) is 10.2 Å². The van der Waals surface area contributed by atoms with Gasteiger partial charge in [0.15, 0.2) is 0 Å². The summed E-state index contributed by atoms with van der Waals surface area (Å²) in [5, 5.41) is 4.05. The maximum Gasteiger partial charge on any atom is 0.262 e. The molecule has 108 valence electrons. The van der Waals surface area contributed by atoms with Crippen LogP contribution in [0.1, 0.15) is 23.8 Å². The van der Waals surface area contributed by atoms with Gasteiger partial charge >= 0.3 is 0 Å². The Morgan fingerprint density at radius 3 is 2.95 bits per heavy atom. The quantitative estimate of drug-likeness (QED) is 0.657. The topological polar surface area (TPSA) is 46.9 Å². The van der Waals surface area contributed by atoms with Crippen LogP contribution in [-0.2, 0) is 6.54 Å². The molecule has 20 heavy (non-hydrogen) atoms. The Labute approximate surface area is 123 Å². The van der Waals surface area contributed by atoms with Crippen molar-refractivity contribution in [3.8, 4) is 0 Å². The third kappa shape index (κ3) is 2.99. The van der Waals surface area contributed by atoms with E-state index in [1.807, 2.05) is 13.8 Å². The standard InChI is InChI=1S/C15H21N3OS/c1-5-6-16-7-10(2)8-18-9-17-14-13(15(18)19)11(3)12(4)20-14/h9,16H,2,5-8H2,1,3-4H3. The Kier molecular flexibility index (Phi) is 4.73. The second-order valence-corrected chi connectivity index (χ2v) is 6.27. The molecule has 5 heteroatoms. The van der Waals surface area contributed by atoms with Crippen molar-refractivity contribution in [1.29, 1.82) is 0 Å². The lowest BCUT2D eigenvalue weighted by molar-refractivity contribution is 0.661. The van der Waals surface area contributed by atoms with Crippen molar-refractivity contribution in [1.82, 2.24) is 14.9 Å². The molecule has 2 heterocycles. The maximum absolute atomic E-state index is 12.5. The Bertz CT molecular complexity index is 684. The normalized spacial score (nSPS) is 11.2. The second-order valence-electron chi connectivity index (χ2n) is 5.07. The number of nitrogens with one attached hydrogen (secondary N) is 1. The van der Waals surface area contributed by atoms with E-state index in [1.54, 1.807) is 22.2 Å². The summed E-state index contributed by atoms with van der Waals surface area (Å²) in [5.74, 6) is 0. The van der Waals surface area contributed by atoms with Gasteiger partial charge in [0, 0.05) is 18.0 Å². The molecule has 0 bridgehead atoms. The van der Waals surface area contributed by atoms with Gasteiger partial charge in [-0.1, -0.05) is 13.5 Å². The average molecular weight is 291 g/mol. The fourth-order valence-corrected chi connectivity index (χ4v) is 3.11. The zero-order chi connectivity index (χ0) is 14.7. The van der Waals surface area contributed by atoms with E-state index in [0.717, 1.165) is 45.7 Å². The molecule has 1 N–H and O–H groups in total. The van der Waals surface area contributed by atoms with E-state index in [-0.39, 0.29) is 5.56 Å². The van der Waals surface area contributed by atoms with E-state index in [0.29, 0.717) is 6.54 Å². The van der Waals surface area contributed by atoms with Crippen LogP contribution in [0.4, 0.5) is 0 Å². The summed E-state index contributed by atoms with van der Waals surface area (Å²) < 4.78 is 1.65. The number of hydrogen-bond donors (Lipinski definition) is 1. The van der Waals surface area contributed by atoms with Crippen LogP contribution in [0, 0.1) is 13.8 Å². The molecule has 0 saturated carbocycles. The lowest BCUT2D eigenvalue weighted by Crippen LogP contribution is -2.25. The summed E-state index contributed by atoms with van der Waals surface area (Å²) in [4.78, 5) is 18.9. The van der Waals surface area contributed by atoms with Crippen LogP contribution < -0.4 is 10.9 Å². The van der Waals surface area contributed by atoms with Gasteiger partial charge in [0.05, 0.1) is 11.7 Å². The number of aromatic nitrogens is 2. The van der Waals surface area contributed by atoms with Crippen molar-refractivity contribution in [2.45, 2.75) is 33.7 Å². The van der Waals surface area contributed by atoms with Gasteiger partial charge < -0.3 is 5.32 Å². The molecule has 0 aliphatic carbocycles. The molecule has 0 atom stereocenters. The molecule has 0 radical (unpaired) electrons. The lowest BCUT2D eigenvalue weighted by Gasteiger charge is -2.09. The van der Waals surface area contributed by atoms with E-state index in [1.165, 1.54) is 0 Å². The number of hydrogen-bond acceptors (Lipinski definition) is 4. The van der Waals surface area contributed by atoms with Crippen LogP contribution in [0.3, 0.4) is 0 Å². The van der Waals surface area contributed by atoms with E-state index in [9.17, 15) is 4.79 Å². The Morgan fingerprint density at radius 1 is 1.50 bits per heavy atom. The first-order chi connectivity index (χ1) is 9.54. The fourth-order valence-electron chi connectivity index (χ4n) is 2.12. The summed E-state index contributed by atoms with van der Waals surface area (Å²) in [5.41, 5.74) is 2.08. The van der Waals surface area contributed by atoms with Crippen LogP contribution >= 0.6 is 11.3 Å². The van der Waals surface area contributed by atoms with E-state index >= 15 is 0 Å². The molecular formula is C15H21N3OS. The predicted molar refractivity (Wildman–Crippen MR) is 85.7 cm³/mol. The Hall–Kier alpha value is -1.46. The van der Waals surface area contributed by atoms with Gasteiger partial charge in [-0.15, -0.1) is 11.3 Å². The molecular weight excluding hydrogens is 270 g/mol. The first-order valence-corrected chi connectivity index (χ1v) is 7.68. The summed E-state index contributed by atoms with van der Waals surface area (Å²) in [6.45, 7) is 12.4. The molecule has 0 spiro atoms. The van der Waals surface area contributed by atoms with Gasteiger partial charge in [-0.05, 0) is 37.9 Å². The molecule has 4 nitrogen and oxygen atoms in total. The van der Waals surface area contributed by atoms with Crippen molar-refractivity contribution in [3.63, 3.8) is 0 Å². The lowest BCUT2D eigenvalue weighted by atomic mass is 10.2. The van der Waals surface area contributed by atoms with Gasteiger partial charge in [0.1, 0.15) is 4.83 Å². The molecule has 0 aliphatic rings. The summed E-state index contributed by atoms with van der Waals surface area (Å²) in [6.07, 6.45) is 2.72. The Morgan fingerprint density at radius 2 is 2.25 bits per heavy atom. The summed E-state index contributed by atoms with van der Waals surface area (Å²) >= 11 is 1.58. The maximum atomic E-state index is 12.5. The number of thiophene rings is 1. The first kappa shape index (κ1) is 14.9. The van der Waals surface area contributed by atoms with Crippen molar-refractivity contribution in [3.05, 3.63) is 39.3 Å². The monoisotopic (exact) mass is 291 g/mol. The predicted octanol–water partition coefficient (Wildman–Crippen LogP) is 2.63. The third-order valence-corrected chi connectivity index (χ3v) is 4.47. The largest absolute Gasteiger partial charge is 0.313 e. The van der Waals surface area contributed by atoms with E-state index in [2.05, 4.69) is 23.8 Å². The minimum absolute atomic E-state index is 0.0356. The summed E-state index contributed by atoms with van der Waals surface area (Å²) in [7, 11) is 0. The van der Waals surface area contributed by atoms with E-state index < -0.39 is 0 Å². The average Bonchev–Trinajstić information content (AvgIpc) is 2.70. The molecule has 2 aromatic heterocycles. The molecule has 2 aromatic rings. The SMILES string of the molecule is C=C(CNCCC)Cn1cnc2sc(C)c(C)c2c1=O. The molecule has 0 unspecified atom stereocenters. The fraction of sp³-hybridized carbons (Fsp3) is 0.467. The van der Waals surface area contributed by atoms with Crippen LogP contribution in [0.5, 0.6) is 0 Å². The van der Waals surface area contributed by atoms with Gasteiger partial charge in [-0.3, -0.25) is 9.36 Å². The number of fused-ring (bicyclic) bond motifs is 1. The highest BCUT2D eigenvalue weighted by Gasteiger charge is 2.12. The number of rotatable bonds is 6. The van der Waals surface area contributed by atoms with Crippen molar-refractivity contribution < 1.29 is 0 Å². The molecule has 2 rings (SSSR count). The van der Waals surface area contributed by atoms with Gasteiger partial charge in [-0.25, -0.2) is 4.98 Å². The van der Waals surface area contributed by atoms with Crippen LogP contribution in [-0.4, -0.2) is 22.6 Å².